The van der Waals surface area contributed by atoms with Crippen LogP contribution in [0.1, 0.15) is 37.5 Å². The number of amides is 2. The predicted octanol–water partition coefficient (Wildman–Crippen LogP) is 3.87. The fourth-order valence-electron chi connectivity index (χ4n) is 2.92. The molecule has 150 valence electrons. The highest BCUT2D eigenvalue weighted by molar-refractivity contribution is 5.88. The van der Waals surface area contributed by atoms with Crippen LogP contribution in [-0.2, 0) is 22.6 Å². The molecule has 0 spiro atoms. The minimum Gasteiger partial charge on any atom is -0.354 e. The average Bonchev–Trinajstić information content (AvgIpc) is 2.66. The van der Waals surface area contributed by atoms with Gasteiger partial charge in [0, 0.05) is 18.7 Å². The molecule has 5 heteroatoms. The van der Waals surface area contributed by atoms with Gasteiger partial charge in [-0.1, -0.05) is 56.3 Å². The van der Waals surface area contributed by atoms with Crippen LogP contribution in [0.25, 0.3) is 0 Å². The van der Waals surface area contributed by atoms with Crippen molar-refractivity contribution in [1.29, 1.82) is 0 Å². The van der Waals surface area contributed by atoms with Crippen molar-refractivity contribution in [3.8, 4) is 0 Å². The van der Waals surface area contributed by atoms with Crippen LogP contribution in [-0.4, -0.2) is 29.3 Å². The van der Waals surface area contributed by atoms with Gasteiger partial charge in [-0.3, -0.25) is 9.59 Å². The maximum Gasteiger partial charge on any atom is 0.242 e. The molecule has 4 nitrogen and oxygen atoms in total. The second kappa shape index (κ2) is 10.0. The van der Waals surface area contributed by atoms with Gasteiger partial charge in [-0.15, -0.1) is 0 Å². The number of carbonyl (C=O) groups is 2. The van der Waals surface area contributed by atoms with Crippen molar-refractivity contribution in [3.63, 3.8) is 0 Å². The molecule has 0 aliphatic heterocycles. The number of nitrogens with zero attached hydrogens (tertiary/aromatic N) is 1. The van der Waals surface area contributed by atoms with E-state index in [0.717, 1.165) is 11.1 Å². The first-order chi connectivity index (χ1) is 13.3. The molecule has 0 aliphatic rings. The van der Waals surface area contributed by atoms with Crippen LogP contribution in [0.5, 0.6) is 0 Å². The summed E-state index contributed by atoms with van der Waals surface area (Å²) in [6.45, 7) is 8.22. The van der Waals surface area contributed by atoms with Crippen LogP contribution >= 0.6 is 0 Å². The van der Waals surface area contributed by atoms with Crippen LogP contribution < -0.4 is 5.32 Å². The van der Waals surface area contributed by atoms with Gasteiger partial charge in [-0.2, -0.15) is 0 Å². The van der Waals surface area contributed by atoms with E-state index in [-0.39, 0.29) is 30.6 Å². The number of hydrogen-bond acceptors (Lipinski definition) is 2. The lowest BCUT2D eigenvalue weighted by Crippen LogP contribution is -2.48. The zero-order valence-corrected chi connectivity index (χ0v) is 17.0. The molecule has 0 saturated heterocycles. The van der Waals surface area contributed by atoms with Crippen molar-refractivity contribution in [1.82, 2.24) is 10.2 Å². The molecule has 0 saturated carbocycles. The molecule has 28 heavy (non-hydrogen) atoms. The summed E-state index contributed by atoms with van der Waals surface area (Å²) in [5.74, 6) is -0.516. The molecule has 2 aromatic carbocycles. The normalized spacial score (nSPS) is 11.9. The number of hydrogen-bond donors (Lipinski definition) is 1. The minimum atomic E-state index is -0.699. The Morgan fingerprint density at radius 1 is 1.00 bits per heavy atom. The van der Waals surface area contributed by atoms with E-state index < -0.39 is 6.04 Å². The Kier molecular flexibility index (Phi) is 7.73. The Labute approximate surface area is 166 Å². The van der Waals surface area contributed by atoms with E-state index in [0.29, 0.717) is 18.0 Å². The number of carbonyl (C=O) groups excluding carboxylic acids is 2. The van der Waals surface area contributed by atoms with E-state index in [1.807, 2.05) is 45.0 Å². The van der Waals surface area contributed by atoms with E-state index in [9.17, 15) is 14.0 Å². The van der Waals surface area contributed by atoms with Gasteiger partial charge in [0.2, 0.25) is 11.8 Å². The third kappa shape index (κ3) is 5.91. The SMILES string of the molecule is Cc1ccccc1CC(=O)N(Cc1ccccc1F)[C@@H](C)C(=O)NCC(C)C. The summed E-state index contributed by atoms with van der Waals surface area (Å²) in [7, 11) is 0. The van der Waals surface area contributed by atoms with Crippen LogP contribution in [0.2, 0.25) is 0 Å². The van der Waals surface area contributed by atoms with Crippen molar-refractivity contribution in [2.45, 2.75) is 46.7 Å². The van der Waals surface area contributed by atoms with Crippen LogP contribution in [0, 0.1) is 18.7 Å². The summed E-state index contributed by atoms with van der Waals surface area (Å²) >= 11 is 0. The number of aryl methyl sites for hydroxylation is 1. The summed E-state index contributed by atoms with van der Waals surface area (Å²) in [6.07, 6.45) is 0.170. The summed E-state index contributed by atoms with van der Waals surface area (Å²) in [5, 5.41) is 2.87. The largest absolute Gasteiger partial charge is 0.354 e. The molecule has 1 N–H and O–H groups in total. The van der Waals surface area contributed by atoms with Gasteiger partial charge >= 0.3 is 0 Å². The Morgan fingerprint density at radius 3 is 2.21 bits per heavy atom. The Morgan fingerprint density at radius 2 is 1.61 bits per heavy atom. The maximum atomic E-state index is 14.2. The predicted molar refractivity (Wildman–Crippen MR) is 109 cm³/mol. The molecule has 0 heterocycles. The Bertz CT molecular complexity index is 820. The van der Waals surface area contributed by atoms with Crippen LogP contribution in [0.3, 0.4) is 0 Å². The fourth-order valence-corrected chi connectivity index (χ4v) is 2.92. The van der Waals surface area contributed by atoms with Crippen molar-refractivity contribution in [2.24, 2.45) is 5.92 Å². The zero-order valence-electron chi connectivity index (χ0n) is 17.0. The number of rotatable bonds is 8. The Balaban J connectivity index is 2.24. The first-order valence-corrected chi connectivity index (χ1v) is 9.64. The quantitative estimate of drug-likeness (QED) is 0.751. The molecular weight excluding hydrogens is 355 g/mol. The van der Waals surface area contributed by atoms with Gasteiger partial charge in [-0.05, 0) is 37.0 Å². The third-order valence-electron chi connectivity index (χ3n) is 4.75. The number of halogens is 1. The summed E-state index contributed by atoms with van der Waals surface area (Å²) in [4.78, 5) is 27.1. The van der Waals surface area contributed by atoms with Crippen molar-refractivity contribution < 1.29 is 14.0 Å². The topological polar surface area (TPSA) is 49.4 Å². The van der Waals surface area contributed by atoms with E-state index >= 15 is 0 Å². The molecule has 0 aromatic heterocycles. The first kappa shape index (κ1) is 21.6. The van der Waals surface area contributed by atoms with Gasteiger partial charge < -0.3 is 10.2 Å². The lowest BCUT2D eigenvalue weighted by Gasteiger charge is -2.29. The van der Waals surface area contributed by atoms with E-state index in [1.54, 1.807) is 25.1 Å². The van der Waals surface area contributed by atoms with E-state index in [2.05, 4.69) is 5.32 Å². The lowest BCUT2D eigenvalue weighted by molar-refractivity contribution is -0.140. The smallest absolute Gasteiger partial charge is 0.242 e. The molecule has 2 rings (SSSR count). The molecule has 0 bridgehead atoms. The van der Waals surface area contributed by atoms with E-state index in [4.69, 9.17) is 0 Å². The monoisotopic (exact) mass is 384 g/mol. The second-order valence-electron chi connectivity index (χ2n) is 7.53. The number of nitrogens with one attached hydrogen (secondary N) is 1. The molecule has 1 atom stereocenters. The molecule has 0 unspecified atom stereocenters. The lowest BCUT2D eigenvalue weighted by atomic mass is 10.0. The van der Waals surface area contributed by atoms with Gasteiger partial charge in [-0.25, -0.2) is 4.39 Å². The van der Waals surface area contributed by atoms with Gasteiger partial charge in [0.25, 0.3) is 0 Å². The zero-order chi connectivity index (χ0) is 20.7. The maximum absolute atomic E-state index is 14.2. The Hall–Kier alpha value is -2.69. The van der Waals surface area contributed by atoms with Crippen molar-refractivity contribution in [2.75, 3.05) is 6.54 Å². The third-order valence-corrected chi connectivity index (χ3v) is 4.75. The van der Waals surface area contributed by atoms with Gasteiger partial charge in [0.1, 0.15) is 11.9 Å². The molecular formula is C23H29FN2O2. The molecule has 2 amide bonds. The standard InChI is InChI=1S/C23H29FN2O2/c1-16(2)14-25-23(28)18(4)26(15-20-11-7-8-12-21(20)24)22(27)13-19-10-6-5-9-17(19)3/h5-12,16,18H,13-15H2,1-4H3,(H,25,28)/t18-/m0/s1. The van der Waals surface area contributed by atoms with Crippen molar-refractivity contribution in [3.05, 3.63) is 71.0 Å². The van der Waals surface area contributed by atoms with Gasteiger partial charge in [0.05, 0.1) is 6.42 Å². The molecule has 0 fully saturated rings. The highest BCUT2D eigenvalue weighted by Crippen LogP contribution is 2.16. The first-order valence-electron chi connectivity index (χ1n) is 9.64. The van der Waals surface area contributed by atoms with Crippen LogP contribution in [0.15, 0.2) is 48.5 Å². The second-order valence-corrected chi connectivity index (χ2v) is 7.53. The van der Waals surface area contributed by atoms with Crippen molar-refractivity contribution >= 4 is 11.8 Å². The van der Waals surface area contributed by atoms with Gasteiger partial charge in [0.15, 0.2) is 0 Å². The fraction of sp³-hybridized carbons (Fsp3) is 0.391. The minimum absolute atomic E-state index is 0.0493. The molecule has 0 aliphatic carbocycles. The average molecular weight is 384 g/mol. The summed E-state index contributed by atoms with van der Waals surface area (Å²) in [5.41, 5.74) is 2.31. The summed E-state index contributed by atoms with van der Waals surface area (Å²) in [6, 6.07) is 13.3. The van der Waals surface area contributed by atoms with Crippen LogP contribution in [0.4, 0.5) is 4.39 Å². The summed E-state index contributed by atoms with van der Waals surface area (Å²) < 4.78 is 14.2. The molecule has 2 aromatic rings. The van der Waals surface area contributed by atoms with E-state index in [1.165, 1.54) is 11.0 Å². The number of benzene rings is 2. The highest BCUT2D eigenvalue weighted by atomic mass is 19.1. The molecule has 0 radical (unpaired) electrons. The highest BCUT2D eigenvalue weighted by Gasteiger charge is 2.27.